The van der Waals surface area contributed by atoms with Crippen molar-refractivity contribution in [3.63, 3.8) is 0 Å². The molecule has 0 unspecified atom stereocenters. The molecule has 0 saturated carbocycles. The minimum absolute atomic E-state index is 0.0150. The summed E-state index contributed by atoms with van der Waals surface area (Å²) in [6.45, 7) is 0. The predicted molar refractivity (Wildman–Crippen MR) is 73.3 cm³/mol. The first-order chi connectivity index (χ1) is 9.20. The highest BCUT2D eigenvalue weighted by Gasteiger charge is 2.12. The molecule has 0 amide bonds. The van der Waals surface area contributed by atoms with Crippen molar-refractivity contribution in [2.45, 2.75) is 0 Å². The Bertz CT molecular complexity index is 611. The maximum Gasteiger partial charge on any atom is 0.292 e. The maximum atomic E-state index is 10.8. The van der Waals surface area contributed by atoms with E-state index in [0.29, 0.717) is 11.4 Å². The summed E-state index contributed by atoms with van der Waals surface area (Å²) in [6, 6.07) is 13.8. The van der Waals surface area contributed by atoms with Gasteiger partial charge in [0.1, 0.15) is 5.69 Å². The Morgan fingerprint density at radius 1 is 1.05 bits per heavy atom. The van der Waals surface area contributed by atoms with Crippen molar-refractivity contribution in [1.29, 1.82) is 0 Å². The van der Waals surface area contributed by atoms with Crippen LogP contribution in [0.25, 0.3) is 0 Å². The molecule has 96 valence electrons. The first kappa shape index (κ1) is 12.7. The molecule has 19 heavy (non-hydrogen) atoms. The third kappa shape index (κ3) is 3.12. The second kappa shape index (κ2) is 5.72. The number of hydrogen-bond acceptors (Lipinski definition) is 5. The Balaban J connectivity index is 2.27. The molecular formula is C13H12N4O2. The highest BCUT2D eigenvalue weighted by Crippen LogP contribution is 2.29. The van der Waals surface area contributed by atoms with Gasteiger partial charge in [-0.1, -0.05) is 18.2 Å². The second-order valence-corrected chi connectivity index (χ2v) is 3.74. The number of rotatable bonds is 4. The lowest BCUT2D eigenvalue weighted by atomic mass is 10.2. The van der Waals surface area contributed by atoms with Crippen LogP contribution >= 0.6 is 0 Å². The van der Waals surface area contributed by atoms with E-state index < -0.39 is 4.92 Å². The van der Waals surface area contributed by atoms with Crippen LogP contribution in [0.15, 0.2) is 58.8 Å². The van der Waals surface area contributed by atoms with E-state index in [2.05, 4.69) is 15.5 Å². The summed E-state index contributed by atoms with van der Waals surface area (Å²) in [5, 5.41) is 21.7. The second-order valence-electron chi connectivity index (χ2n) is 3.74. The Morgan fingerprint density at radius 2 is 1.74 bits per heavy atom. The van der Waals surface area contributed by atoms with Gasteiger partial charge in [-0.15, -0.1) is 0 Å². The number of hydrogen-bond donors (Lipinski definition) is 1. The molecule has 0 aromatic heterocycles. The van der Waals surface area contributed by atoms with Gasteiger partial charge in [-0.3, -0.25) is 10.1 Å². The quantitative estimate of drug-likeness (QED) is 0.509. The van der Waals surface area contributed by atoms with E-state index in [1.54, 1.807) is 19.2 Å². The molecule has 1 N–H and O–H groups in total. The van der Waals surface area contributed by atoms with Crippen molar-refractivity contribution in [1.82, 2.24) is 0 Å². The van der Waals surface area contributed by atoms with Crippen LogP contribution in [0.2, 0.25) is 0 Å². The summed E-state index contributed by atoms with van der Waals surface area (Å²) in [5.41, 5.74) is 1.71. The number of anilines is 1. The van der Waals surface area contributed by atoms with E-state index in [0.717, 1.165) is 5.69 Å². The monoisotopic (exact) mass is 256 g/mol. The highest BCUT2D eigenvalue weighted by atomic mass is 16.6. The summed E-state index contributed by atoms with van der Waals surface area (Å²) in [5.74, 6) is 0. The molecule has 6 nitrogen and oxygen atoms in total. The van der Waals surface area contributed by atoms with Crippen LogP contribution in [0, 0.1) is 10.1 Å². The van der Waals surface area contributed by atoms with Gasteiger partial charge in [0, 0.05) is 13.1 Å². The Labute approximate surface area is 110 Å². The molecule has 2 aromatic carbocycles. The van der Waals surface area contributed by atoms with Gasteiger partial charge in [0.2, 0.25) is 0 Å². The van der Waals surface area contributed by atoms with E-state index in [9.17, 15) is 10.1 Å². The van der Waals surface area contributed by atoms with E-state index in [4.69, 9.17) is 0 Å². The van der Waals surface area contributed by atoms with Gasteiger partial charge in [-0.05, 0) is 24.3 Å². The lowest BCUT2D eigenvalue weighted by molar-refractivity contribution is -0.383. The van der Waals surface area contributed by atoms with Crippen molar-refractivity contribution in [2.24, 2.45) is 10.2 Å². The minimum Gasteiger partial charge on any atom is -0.383 e. The van der Waals surface area contributed by atoms with Crippen LogP contribution in [0.3, 0.4) is 0 Å². The topological polar surface area (TPSA) is 79.9 Å². The fourth-order valence-electron chi connectivity index (χ4n) is 1.56. The van der Waals surface area contributed by atoms with Gasteiger partial charge in [0.05, 0.1) is 16.3 Å². The van der Waals surface area contributed by atoms with E-state index >= 15 is 0 Å². The number of nitro benzene ring substituents is 1. The molecule has 0 saturated heterocycles. The van der Waals surface area contributed by atoms with Gasteiger partial charge in [-0.25, -0.2) is 0 Å². The van der Waals surface area contributed by atoms with Crippen molar-refractivity contribution < 1.29 is 4.92 Å². The minimum atomic E-state index is -0.441. The zero-order valence-corrected chi connectivity index (χ0v) is 10.3. The molecule has 0 heterocycles. The third-order valence-corrected chi connectivity index (χ3v) is 2.48. The highest BCUT2D eigenvalue weighted by molar-refractivity contribution is 5.66. The number of azo groups is 1. The summed E-state index contributed by atoms with van der Waals surface area (Å²) in [6.07, 6.45) is 0. The fourth-order valence-corrected chi connectivity index (χ4v) is 1.56. The molecular weight excluding hydrogens is 244 g/mol. The van der Waals surface area contributed by atoms with Crippen molar-refractivity contribution in [3.05, 3.63) is 58.6 Å². The summed E-state index contributed by atoms with van der Waals surface area (Å²) in [4.78, 5) is 10.3. The van der Waals surface area contributed by atoms with Crippen molar-refractivity contribution in [2.75, 3.05) is 12.4 Å². The Morgan fingerprint density at radius 3 is 2.37 bits per heavy atom. The number of nitrogens with zero attached hydrogens (tertiary/aromatic N) is 3. The molecule has 0 aliphatic heterocycles. The van der Waals surface area contributed by atoms with Crippen molar-refractivity contribution >= 4 is 22.7 Å². The van der Waals surface area contributed by atoms with Crippen LogP contribution < -0.4 is 5.32 Å². The average Bonchev–Trinajstić information content (AvgIpc) is 2.45. The Hall–Kier alpha value is -2.76. The molecule has 0 spiro atoms. The maximum absolute atomic E-state index is 10.8. The van der Waals surface area contributed by atoms with Gasteiger partial charge >= 0.3 is 0 Å². The molecule has 6 heteroatoms. The van der Waals surface area contributed by atoms with Crippen molar-refractivity contribution in [3.8, 4) is 0 Å². The van der Waals surface area contributed by atoms with Crippen LogP contribution in [0.5, 0.6) is 0 Å². The zero-order valence-electron chi connectivity index (χ0n) is 10.3. The smallest absolute Gasteiger partial charge is 0.292 e. The molecule has 0 aliphatic carbocycles. The Kier molecular flexibility index (Phi) is 3.82. The first-order valence-corrected chi connectivity index (χ1v) is 5.63. The molecule has 0 aliphatic rings. The summed E-state index contributed by atoms with van der Waals surface area (Å²) in [7, 11) is 1.63. The number of benzene rings is 2. The summed E-state index contributed by atoms with van der Waals surface area (Å²) < 4.78 is 0. The largest absolute Gasteiger partial charge is 0.383 e. The number of nitrogens with one attached hydrogen (secondary N) is 1. The van der Waals surface area contributed by atoms with E-state index in [-0.39, 0.29) is 5.69 Å². The van der Waals surface area contributed by atoms with Crippen LogP contribution in [-0.2, 0) is 0 Å². The molecule has 2 aromatic rings. The van der Waals surface area contributed by atoms with Gasteiger partial charge in [0.25, 0.3) is 5.69 Å². The van der Waals surface area contributed by atoms with E-state index in [1.165, 1.54) is 6.07 Å². The molecule has 0 fully saturated rings. The average molecular weight is 256 g/mol. The van der Waals surface area contributed by atoms with Gasteiger partial charge in [-0.2, -0.15) is 10.2 Å². The summed E-state index contributed by atoms with van der Waals surface area (Å²) >= 11 is 0. The normalized spacial score (nSPS) is 10.6. The fraction of sp³-hybridized carbons (Fsp3) is 0.0769. The molecule has 2 rings (SSSR count). The standard InChI is InChI=1S/C13H12N4O2/c1-14-12-9-11(7-8-13(12)17(18)19)16-15-10-5-3-2-4-6-10/h2-9,14H,1H3. The molecule has 0 bridgehead atoms. The molecule has 0 atom stereocenters. The SMILES string of the molecule is CNc1cc(N=Nc2ccccc2)ccc1[N+](=O)[O-]. The van der Waals surface area contributed by atoms with E-state index in [1.807, 2.05) is 30.3 Å². The van der Waals surface area contributed by atoms with Crippen LogP contribution in [-0.4, -0.2) is 12.0 Å². The van der Waals surface area contributed by atoms with Gasteiger partial charge in [0.15, 0.2) is 0 Å². The predicted octanol–water partition coefficient (Wildman–Crippen LogP) is 4.05. The third-order valence-electron chi connectivity index (χ3n) is 2.48. The van der Waals surface area contributed by atoms with Gasteiger partial charge < -0.3 is 5.32 Å². The lowest BCUT2D eigenvalue weighted by Gasteiger charge is -2.02. The first-order valence-electron chi connectivity index (χ1n) is 5.63. The molecule has 0 radical (unpaired) electrons. The van der Waals surface area contributed by atoms with Crippen LogP contribution in [0.1, 0.15) is 0 Å². The zero-order chi connectivity index (χ0) is 13.7. The number of nitro groups is 1. The lowest BCUT2D eigenvalue weighted by Crippen LogP contribution is -1.95. The van der Waals surface area contributed by atoms with Crippen LogP contribution in [0.4, 0.5) is 22.7 Å².